The molecule has 30 heavy (non-hydrogen) atoms. The number of halogens is 1. The van der Waals surface area contributed by atoms with Gasteiger partial charge in [-0.3, -0.25) is 4.79 Å². The second kappa shape index (κ2) is 7.70. The van der Waals surface area contributed by atoms with E-state index in [0.29, 0.717) is 22.9 Å². The number of carbonyl (C=O) groups is 2. The number of hydrogen-bond acceptors (Lipinski definition) is 3. The summed E-state index contributed by atoms with van der Waals surface area (Å²) >= 11 is 0. The van der Waals surface area contributed by atoms with E-state index in [1.165, 1.54) is 6.07 Å². The number of fused-ring (bicyclic) bond motifs is 1. The van der Waals surface area contributed by atoms with Crippen molar-refractivity contribution in [3.63, 3.8) is 0 Å². The molecule has 2 aromatic rings. The van der Waals surface area contributed by atoms with Crippen LogP contribution in [0.5, 0.6) is 0 Å². The van der Waals surface area contributed by atoms with Gasteiger partial charge in [-0.25, -0.2) is 14.2 Å². The van der Waals surface area contributed by atoms with Crippen molar-refractivity contribution >= 4 is 17.8 Å². The molecule has 3 amide bonds. The molecule has 1 atom stereocenters. The van der Waals surface area contributed by atoms with Crippen molar-refractivity contribution in [2.24, 2.45) is 11.3 Å². The minimum absolute atomic E-state index is 0.111. The maximum absolute atomic E-state index is 14.7. The number of amides is 3. The first-order valence-corrected chi connectivity index (χ1v) is 10.3. The number of rotatable bonds is 3. The van der Waals surface area contributed by atoms with Crippen LogP contribution in [0, 0.1) is 17.2 Å². The highest BCUT2D eigenvalue weighted by atomic mass is 19.1. The molecular formula is C23H27FN4O2. The lowest BCUT2D eigenvalue weighted by molar-refractivity contribution is -0.115. The van der Waals surface area contributed by atoms with Gasteiger partial charge in [0.05, 0.1) is 6.42 Å². The second-order valence-electron chi connectivity index (χ2n) is 9.17. The number of urea groups is 1. The van der Waals surface area contributed by atoms with E-state index in [-0.39, 0.29) is 36.1 Å². The van der Waals surface area contributed by atoms with Crippen LogP contribution in [-0.2, 0) is 17.8 Å². The smallest absolute Gasteiger partial charge is 0.317 e. The number of likely N-dealkylation sites (tertiary alicyclic amines) is 1. The Morgan fingerprint density at radius 3 is 2.83 bits per heavy atom. The number of nitrogens with one attached hydrogen (secondary N) is 2. The van der Waals surface area contributed by atoms with Gasteiger partial charge < -0.3 is 15.5 Å². The predicted octanol–water partition coefficient (Wildman–Crippen LogP) is 3.96. The summed E-state index contributed by atoms with van der Waals surface area (Å²) in [5, 5.41) is 5.55. The Morgan fingerprint density at radius 2 is 2.13 bits per heavy atom. The highest BCUT2D eigenvalue weighted by molar-refractivity contribution is 6.00. The average molecular weight is 410 g/mol. The van der Waals surface area contributed by atoms with Gasteiger partial charge in [0.2, 0.25) is 5.91 Å². The summed E-state index contributed by atoms with van der Waals surface area (Å²) in [4.78, 5) is 30.1. The molecule has 1 aromatic heterocycles. The molecule has 6 nitrogen and oxygen atoms in total. The lowest BCUT2D eigenvalue weighted by Gasteiger charge is -2.27. The maximum atomic E-state index is 14.7. The number of aromatic nitrogens is 1. The molecule has 0 radical (unpaired) electrons. The molecule has 0 spiro atoms. The fourth-order valence-electron chi connectivity index (χ4n) is 4.18. The summed E-state index contributed by atoms with van der Waals surface area (Å²) in [6.45, 7) is 8.18. The molecule has 1 fully saturated rings. The molecule has 2 N–H and O–H groups in total. The van der Waals surface area contributed by atoms with Crippen LogP contribution in [0.25, 0.3) is 11.1 Å². The minimum Gasteiger partial charge on any atom is -0.334 e. The first kappa shape index (κ1) is 20.3. The zero-order valence-electron chi connectivity index (χ0n) is 17.6. The van der Waals surface area contributed by atoms with Gasteiger partial charge >= 0.3 is 6.03 Å². The van der Waals surface area contributed by atoms with E-state index in [1.54, 1.807) is 18.3 Å². The summed E-state index contributed by atoms with van der Waals surface area (Å²) in [5.41, 5.74) is 2.86. The highest BCUT2D eigenvalue weighted by Gasteiger charge is 2.33. The van der Waals surface area contributed by atoms with Gasteiger partial charge in [0, 0.05) is 37.0 Å². The van der Waals surface area contributed by atoms with Gasteiger partial charge in [0.1, 0.15) is 11.6 Å². The first-order chi connectivity index (χ1) is 14.2. The Morgan fingerprint density at radius 1 is 1.33 bits per heavy atom. The summed E-state index contributed by atoms with van der Waals surface area (Å²) < 4.78 is 14.7. The van der Waals surface area contributed by atoms with E-state index in [0.717, 1.165) is 30.6 Å². The van der Waals surface area contributed by atoms with E-state index in [2.05, 4.69) is 36.4 Å². The van der Waals surface area contributed by atoms with E-state index in [9.17, 15) is 14.0 Å². The molecular weight excluding hydrogens is 383 g/mol. The normalized spacial score (nSPS) is 18.3. The molecule has 158 valence electrons. The van der Waals surface area contributed by atoms with Crippen LogP contribution < -0.4 is 10.6 Å². The molecule has 0 saturated carbocycles. The Balaban J connectivity index is 1.42. The number of nitrogens with zero attached hydrogens (tertiary/aromatic N) is 2. The van der Waals surface area contributed by atoms with Crippen LogP contribution in [0.1, 0.15) is 38.3 Å². The lowest BCUT2D eigenvalue weighted by Crippen LogP contribution is -2.39. The predicted molar refractivity (Wildman–Crippen MR) is 113 cm³/mol. The SMILES string of the molecule is CC(C)(C)C1CCN(C(=O)NCc2ccc(-c3ccnc4c3CC(=O)N4)cc2F)C1. The lowest BCUT2D eigenvalue weighted by atomic mass is 9.80. The van der Waals surface area contributed by atoms with Crippen LogP contribution in [0.4, 0.5) is 15.0 Å². The Bertz CT molecular complexity index is 999. The summed E-state index contributed by atoms with van der Waals surface area (Å²) in [7, 11) is 0. The van der Waals surface area contributed by atoms with Crippen molar-refractivity contribution in [1.29, 1.82) is 0 Å². The Labute approximate surface area is 175 Å². The number of hydrogen-bond donors (Lipinski definition) is 2. The quantitative estimate of drug-likeness (QED) is 0.804. The van der Waals surface area contributed by atoms with Crippen LogP contribution >= 0.6 is 0 Å². The number of pyridine rings is 1. The van der Waals surface area contributed by atoms with Gasteiger partial charge in [-0.05, 0) is 41.0 Å². The molecule has 4 rings (SSSR count). The molecule has 2 aliphatic heterocycles. The van der Waals surface area contributed by atoms with Crippen molar-refractivity contribution in [3.05, 3.63) is 47.4 Å². The molecule has 1 unspecified atom stereocenters. The highest BCUT2D eigenvalue weighted by Crippen LogP contribution is 2.34. The van der Waals surface area contributed by atoms with Crippen molar-refractivity contribution in [2.45, 2.75) is 40.2 Å². The summed E-state index contributed by atoms with van der Waals surface area (Å²) in [6.07, 6.45) is 2.84. The van der Waals surface area contributed by atoms with Gasteiger partial charge in [-0.15, -0.1) is 0 Å². The fraction of sp³-hybridized carbons (Fsp3) is 0.435. The molecule has 2 aliphatic rings. The van der Waals surface area contributed by atoms with E-state index in [4.69, 9.17) is 0 Å². The third-order valence-electron chi connectivity index (χ3n) is 6.15. The van der Waals surface area contributed by atoms with Crippen molar-refractivity contribution in [2.75, 3.05) is 18.4 Å². The Hall–Kier alpha value is -2.96. The van der Waals surface area contributed by atoms with E-state index in [1.807, 2.05) is 11.0 Å². The first-order valence-electron chi connectivity index (χ1n) is 10.3. The zero-order chi connectivity index (χ0) is 21.5. The maximum Gasteiger partial charge on any atom is 0.317 e. The van der Waals surface area contributed by atoms with Gasteiger partial charge in [0.25, 0.3) is 0 Å². The average Bonchev–Trinajstić information content (AvgIpc) is 3.32. The van der Waals surface area contributed by atoms with Crippen LogP contribution in [0.15, 0.2) is 30.5 Å². The fourth-order valence-corrected chi connectivity index (χ4v) is 4.18. The topological polar surface area (TPSA) is 74.3 Å². The second-order valence-corrected chi connectivity index (χ2v) is 9.17. The molecule has 0 aliphatic carbocycles. The molecule has 0 bridgehead atoms. The van der Waals surface area contributed by atoms with Crippen LogP contribution in [0.2, 0.25) is 0 Å². The van der Waals surface area contributed by atoms with Gasteiger partial charge in [-0.1, -0.05) is 32.9 Å². The number of anilines is 1. The minimum atomic E-state index is -0.385. The van der Waals surface area contributed by atoms with Crippen LogP contribution in [0.3, 0.4) is 0 Å². The third kappa shape index (κ3) is 4.01. The molecule has 7 heteroatoms. The number of carbonyl (C=O) groups excluding carboxylic acids is 2. The van der Waals surface area contributed by atoms with Crippen molar-refractivity contribution in [1.82, 2.24) is 15.2 Å². The standard InChI is InChI=1S/C23H27FN4O2/c1-23(2,3)16-7-9-28(13-16)22(30)26-12-15-5-4-14(10-19(15)24)17-6-8-25-21-18(17)11-20(29)27-21/h4-6,8,10,16H,7,9,11-13H2,1-3H3,(H,26,30)(H,25,27,29). The van der Waals surface area contributed by atoms with Crippen LogP contribution in [-0.4, -0.2) is 34.9 Å². The largest absolute Gasteiger partial charge is 0.334 e. The van der Waals surface area contributed by atoms with Gasteiger partial charge in [0.15, 0.2) is 0 Å². The molecule has 1 saturated heterocycles. The monoisotopic (exact) mass is 410 g/mol. The van der Waals surface area contributed by atoms with Crippen molar-refractivity contribution < 1.29 is 14.0 Å². The summed E-state index contributed by atoms with van der Waals surface area (Å²) in [6, 6.07) is 6.58. The van der Waals surface area contributed by atoms with E-state index < -0.39 is 0 Å². The zero-order valence-corrected chi connectivity index (χ0v) is 17.6. The van der Waals surface area contributed by atoms with E-state index >= 15 is 0 Å². The summed E-state index contributed by atoms with van der Waals surface area (Å²) in [5.74, 6) is 0.515. The third-order valence-corrected chi connectivity index (χ3v) is 6.15. The molecule has 1 aromatic carbocycles. The number of benzene rings is 1. The molecule has 3 heterocycles. The van der Waals surface area contributed by atoms with Gasteiger partial charge in [-0.2, -0.15) is 0 Å². The van der Waals surface area contributed by atoms with Crippen molar-refractivity contribution in [3.8, 4) is 11.1 Å². The Kier molecular flexibility index (Phi) is 5.22.